The first-order valence-electron chi connectivity index (χ1n) is 3.43. The Kier molecular flexibility index (Phi) is 2.90. The zero-order chi connectivity index (χ0) is 8.43. The zero-order valence-corrected chi connectivity index (χ0v) is 7.78. The van der Waals surface area contributed by atoms with Crippen LogP contribution in [0.15, 0.2) is 0 Å². The van der Waals surface area contributed by atoms with Gasteiger partial charge in [-0.2, -0.15) is 11.8 Å². The molecule has 3 nitrogen and oxygen atoms in total. The van der Waals surface area contributed by atoms with Crippen LogP contribution in [0.5, 0.6) is 0 Å². The van der Waals surface area contributed by atoms with E-state index >= 15 is 0 Å². The lowest BCUT2D eigenvalue weighted by molar-refractivity contribution is 0.245. The van der Waals surface area contributed by atoms with Gasteiger partial charge in [0.15, 0.2) is 0 Å². The van der Waals surface area contributed by atoms with Gasteiger partial charge < -0.3 is 11.1 Å². The lowest BCUT2D eigenvalue weighted by Crippen LogP contribution is -2.46. The van der Waals surface area contributed by atoms with E-state index in [4.69, 9.17) is 17.3 Å². The van der Waals surface area contributed by atoms with Crippen LogP contribution in [0.1, 0.15) is 6.92 Å². The molecule has 0 bridgehead atoms. The summed E-state index contributed by atoms with van der Waals surface area (Å²) < 4.78 is 0. The van der Waals surface area contributed by atoms with Crippen molar-refractivity contribution < 1.29 is 4.79 Å². The minimum atomic E-state index is -0.491. The molecule has 5 heteroatoms. The Bertz CT molecular complexity index is 157. The summed E-state index contributed by atoms with van der Waals surface area (Å²) in [6.07, 6.45) is 0. The van der Waals surface area contributed by atoms with Crippen LogP contribution in [0, 0.1) is 0 Å². The van der Waals surface area contributed by atoms with E-state index in [9.17, 15) is 4.79 Å². The molecule has 0 spiro atoms. The van der Waals surface area contributed by atoms with Crippen LogP contribution in [-0.2, 0) is 0 Å². The number of nitrogens with one attached hydrogen (secondary N) is 1. The first-order valence-corrected chi connectivity index (χ1v) is 4.91. The third-order valence-electron chi connectivity index (χ3n) is 1.72. The minimum Gasteiger partial charge on any atom is -0.352 e. The fourth-order valence-corrected chi connectivity index (χ4v) is 2.86. The molecule has 0 radical (unpaired) electrons. The predicted molar refractivity (Wildman–Crippen MR) is 48.1 cm³/mol. The fourth-order valence-electron chi connectivity index (χ4n) is 1.12. The maximum absolute atomic E-state index is 10.5. The van der Waals surface area contributed by atoms with Crippen molar-refractivity contribution >= 4 is 29.4 Å². The number of hydrogen-bond donors (Lipinski definition) is 2. The molecule has 0 aromatic heterocycles. The second kappa shape index (κ2) is 3.54. The summed E-state index contributed by atoms with van der Waals surface area (Å²) in [5.74, 6) is 0.883. The van der Waals surface area contributed by atoms with Crippen molar-refractivity contribution in [1.82, 2.24) is 5.32 Å². The van der Waals surface area contributed by atoms with E-state index in [0.29, 0.717) is 5.25 Å². The van der Waals surface area contributed by atoms with Gasteiger partial charge in [0.05, 0.1) is 11.4 Å². The molecule has 0 aliphatic carbocycles. The topological polar surface area (TPSA) is 55.1 Å². The third-order valence-corrected chi connectivity index (χ3v) is 3.70. The molecule has 64 valence electrons. The Morgan fingerprint density at radius 3 is 2.82 bits per heavy atom. The van der Waals surface area contributed by atoms with Crippen molar-refractivity contribution in [3.05, 3.63) is 0 Å². The van der Waals surface area contributed by atoms with Gasteiger partial charge in [-0.15, -0.1) is 11.6 Å². The van der Waals surface area contributed by atoms with Gasteiger partial charge in [-0.3, -0.25) is 0 Å². The molecule has 1 heterocycles. The van der Waals surface area contributed by atoms with Crippen molar-refractivity contribution in [2.24, 2.45) is 5.73 Å². The van der Waals surface area contributed by atoms with Crippen molar-refractivity contribution in [1.29, 1.82) is 0 Å². The molecule has 1 rings (SSSR count). The van der Waals surface area contributed by atoms with Crippen molar-refractivity contribution in [3.63, 3.8) is 0 Å². The van der Waals surface area contributed by atoms with E-state index in [0.717, 1.165) is 5.75 Å². The highest BCUT2D eigenvalue weighted by molar-refractivity contribution is 8.00. The molecule has 3 N–H and O–H groups in total. The third kappa shape index (κ3) is 2.17. The Labute approximate surface area is 75.0 Å². The van der Waals surface area contributed by atoms with Gasteiger partial charge in [-0.25, -0.2) is 4.79 Å². The highest BCUT2D eigenvalue weighted by Crippen LogP contribution is 2.29. The molecular weight excluding hydrogens is 184 g/mol. The van der Waals surface area contributed by atoms with Gasteiger partial charge in [0.2, 0.25) is 0 Å². The first kappa shape index (κ1) is 9.00. The molecule has 11 heavy (non-hydrogen) atoms. The van der Waals surface area contributed by atoms with E-state index in [1.807, 2.05) is 6.92 Å². The van der Waals surface area contributed by atoms with Crippen LogP contribution in [0.4, 0.5) is 4.79 Å². The highest BCUT2D eigenvalue weighted by Gasteiger charge is 2.33. The molecule has 0 aromatic rings. The number of carbonyl (C=O) groups excluding carboxylic acids is 1. The van der Waals surface area contributed by atoms with Crippen molar-refractivity contribution in [2.45, 2.75) is 23.6 Å². The zero-order valence-electron chi connectivity index (χ0n) is 6.21. The number of carbonyl (C=O) groups is 1. The molecule has 3 atom stereocenters. The van der Waals surface area contributed by atoms with Crippen molar-refractivity contribution in [3.8, 4) is 0 Å². The summed E-state index contributed by atoms with van der Waals surface area (Å²) in [6.45, 7) is 2.04. The predicted octanol–water partition coefficient (Wildman–Crippen LogP) is 0.766. The Morgan fingerprint density at radius 1 is 1.82 bits per heavy atom. The van der Waals surface area contributed by atoms with Crippen LogP contribution in [0.2, 0.25) is 0 Å². The van der Waals surface area contributed by atoms with Gasteiger partial charge in [0, 0.05) is 11.0 Å². The first-order chi connectivity index (χ1) is 5.11. The standard InChI is InChI=1S/C6H11ClN2OS/c1-3-5(9-6(8)10)4(7)2-11-3/h3-5H,2H2,1H3,(H3,8,9,10). The SMILES string of the molecule is CC1SCC(Cl)C1NC(N)=O. The summed E-state index contributed by atoms with van der Waals surface area (Å²) in [4.78, 5) is 10.5. The van der Waals surface area contributed by atoms with Gasteiger partial charge in [0.1, 0.15) is 0 Å². The normalized spacial score (nSPS) is 37.1. The van der Waals surface area contributed by atoms with E-state index in [-0.39, 0.29) is 11.4 Å². The van der Waals surface area contributed by atoms with E-state index in [1.165, 1.54) is 0 Å². The lowest BCUT2D eigenvalue weighted by Gasteiger charge is -2.17. The van der Waals surface area contributed by atoms with Crippen LogP contribution >= 0.6 is 23.4 Å². The van der Waals surface area contributed by atoms with Crippen LogP contribution in [-0.4, -0.2) is 28.5 Å². The number of urea groups is 1. The number of rotatable bonds is 1. The van der Waals surface area contributed by atoms with Crippen LogP contribution < -0.4 is 11.1 Å². The number of nitrogens with two attached hydrogens (primary N) is 1. The minimum absolute atomic E-state index is 0.0162. The van der Waals surface area contributed by atoms with Gasteiger partial charge in [-0.1, -0.05) is 6.92 Å². The summed E-state index contributed by atoms with van der Waals surface area (Å²) in [5, 5.41) is 3.01. The largest absolute Gasteiger partial charge is 0.352 e. The number of primary amides is 1. The average molecular weight is 195 g/mol. The maximum Gasteiger partial charge on any atom is 0.312 e. The van der Waals surface area contributed by atoms with Crippen LogP contribution in [0.25, 0.3) is 0 Å². The number of amides is 2. The van der Waals surface area contributed by atoms with Gasteiger partial charge >= 0.3 is 6.03 Å². The molecule has 2 amide bonds. The second-order valence-corrected chi connectivity index (χ2v) is 4.56. The summed E-state index contributed by atoms with van der Waals surface area (Å²) in [7, 11) is 0. The summed E-state index contributed by atoms with van der Waals surface area (Å²) >= 11 is 7.68. The smallest absolute Gasteiger partial charge is 0.312 e. The van der Waals surface area contributed by atoms with E-state index < -0.39 is 6.03 Å². The van der Waals surface area contributed by atoms with Crippen LogP contribution in [0.3, 0.4) is 0 Å². The lowest BCUT2D eigenvalue weighted by atomic mass is 10.2. The molecule has 0 saturated carbocycles. The van der Waals surface area contributed by atoms with E-state index in [2.05, 4.69) is 5.32 Å². The number of alkyl halides is 1. The summed E-state index contributed by atoms with van der Waals surface area (Å²) in [5.41, 5.74) is 4.98. The summed E-state index contributed by atoms with van der Waals surface area (Å²) in [6, 6.07) is -0.464. The van der Waals surface area contributed by atoms with Gasteiger partial charge in [0.25, 0.3) is 0 Å². The average Bonchev–Trinajstić information content (AvgIpc) is 2.18. The highest BCUT2D eigenvalue weighted by atomic mass is 35.5. The molecule has 0 aromatic carbocycles. The molecule has 1 saturated heterocycles. The van der Waals surface area contributed by atoms with E-state index in [1.54, 1.807) is 11.8 Å². The molecule has 1 fully saturated rings. The maximum atomic E-state index is 10.5. The monoisotopic (exact) mass is 194 g/mol. The number of halogens is 1. The Morgan fingerprint density at radius 2 is 2.45 bits per heavy atom. The quantitative estimate of drug-likeness (QED) is 0.606. The Hall–Kier alpha value is -0.0900. The fraction of sp³-hybridized carbons (Fsp3) is 0.833. The Balaban J connectivity index is 2.47. The molecule has 1 aliphatic heterocycles. The number of hydrogen-bond acceptors (Lipinski definition) is 2. The molecule has 1 aliphatic rings. The van der Waals surface area contributed by atoms with Crippen molar-refractivity contribution in [2.75, 3.05) is 5.75 Å². The molecular formula is C6H11ClN2OS. The molecule has 3 unspecified atom stereocenters. The second-order valence-electron chi connectivity index (χ2n) is 2.59. The van der Waals surface area contributed by atoms with Gasteiger partial charge in [-0.05, 0) is 0 Å². The number of thioether (sulfide) groups is 1.